The van der Waals surface area contributed by atoms with Crippen LogP contribution in [0.3, 0.4) is 0 Å². The Morgan fingerprint density at radius 2 is 2.26 bits per heavy atom. The second-order valence-corrected chi connectivity index (χ2v) is 4.73. The minimum atomic E-state index is -0.607. The molecule has 1 aromatic carbocycles. The first-order valence-corrected chi connectivity index (χ1v) is 6.29. The first kappa shape index (κ1) is 13.6. The van der Waals surface area contributed by atoms with Crippen LogP contribution < -0.4 is 10.2 Å². The van der Waals surface area contributed by atoms with Crippen molar-refractivity contribution in [3.05, 3.63) is 45.2 Å². The zero-order valence-corrected chi connectivity index (χ0v) is 11.7. The van der Waals surface area contributed by atoms with Gasteiger partial charge in [-0.3, -0.25) is 10.0 Å². The molecule has 0 radical (unpaired) electrons. The van der Waals surface area contributed by atoms with Gasteiger partial charge in [-0.05, 0) is 34.7 Å². The SMILES string of the molecule is O=C(NO)c1cccc(I)c1COc1ccn(O)n1. The van der Waals surface area contributed by atoms with Gasteiger partial charge in [-0.2, -0.15) is 0 Å². The standard InChI is InChI=1S/C11H10IN3O4/c12-9-3-1-2-7(11(16)14-17)8(9)6-19-10-4-5-15(18)13-10/h1-5,17-18H,6H2,(H,14,16). The van der Waals surface area contributed by atoms with Crippen molar-refractivity contribution in [2.45, 2.75) is 6.61 Å². The maximum Gasteiger partial charge on any atom is 0.275 e. The summed E-state index contributed by atoms with van der Waals surface area (Å²) >= 11 is 2.07. The van der Waals surface area contributed by atoms with Gasteiger partial charge < -0.3 is 9.94 Å². The first-order valence-electron chi connectivity index (χ1n) is 5.21. The quantitative estimate of drug-likeness (QED) is 0.325. The molecule has 0 bridgehead atoms. The number of rotatable bonds is 4. The Bertz CT molecular complexity index is 599. The summed E-state index contributed by atoms with van der Waals surface area (Å²) in [7, 11) is 0. The van der Waals surface area contributed by atoms with Gasteiger partial charge in [-0.25, -0.2) is 5.48 Å². The molecule has 19 heavy (non-hydrogen) atoms. The van der Waals surface area contributed by atoms with Crippen molar-refractivity contribution < 1.29 is 19.9 Å². The van der Waals surface area contributed by atoms with Crippen molar-refractivity contribution in [3.8, 4) is 5.88 Å². The van der Waals surface area contributed by atoms with Gasteiger partial charge in [0.2, 0.25) is 5.88 Å². The third kappa shape index (κ3) is 3.15. The Labute approximate surface area is 121 Å². The molecule has 3 N–H and O–H groups in total. The van der Waals surface area contributed by atoms with Crippen LogP contribution in [0, 0.1) is 3.57 Å². The molecule has 0 aliphatic heterocycles. The molecule has 0 fully saturated rings. The van der Waals surface area contributed by atoms with E-state index in [-0.39, 0.29) is 12.5 Å². The lowest BCUT2D eigenvalue weighted by Crippen LogP contribution is -2.21. The van der Waals surface area contributed by atoms with E-state index in [0.29, 0.717) is 16.0 Å². The number of amides is 1. The largest absolute Gasteiger partial charge is 0.472 e. The highest BCUT2D eigenvalue weighted by Crippen LogP contribution is 2.19. The lowest BCUT2D eigenvalue weighted by atomic mass is 10.1. The summed E-state index contributed by atoms with van der Waals surface area (Å²) in [5.74, 6) is -0.373. The predicted octanol–water partition coefficient (Wildman–Crippen LogP) is 1.42. The number of ether oxygens (including phenoxy) is 1. The van der Waals surface area contributed by atoms with Crippen molar-refractivity contribution in [2.75, 3.05) is 0 Å². The van der Waals surface area contributed by atoms with Gasteiger partial charge in [-0.15, -0.1) is 4.85 Å². The Kier molecular flexibility index (Phi) is 4.22. The summed E-state index contributed by atoms with van der Waals surface area (Å²) < 4.78 is 6.19. The molecule has 2 rings (SSSR count). The maximum absolute atomic E-state index is 11.5. The molecule has 1 heterocycles. The number of carbonyl (C=O) groups excluding carboxylic acids is 1. The molecule has 0 atom stereocenters. The van der Waals surface area contributed by atoms with Crippen LogP contribution in [-0.2, 0) is 6.61 Å². The third-order valence-corrected chi connectivity index (χ3v) is 3.39. The Morgan fingerprint density at radius 1 is 1.47 bits per heavy atom. The minimum absolute atomic E-state index is 0.0961. The second kappa shape index (κ2) is 5.89. The summed E-state index contributed by atoms with van der Waals surface area (Å²) in [5.41, 5.74) is 2.54. The topological polar surface area (TPSA) is 96.6 Å². The number of aromatic nitrogens is 2. The summed E-state index contributed by atoms with van der Waals surface area (Å²) in [4.78, 5) is 12.2. The Hall–Kier alpha value is -1.81. The highest BCUT2D eigenvalue weighted by Gasteiger charge is 2.14. The molecular weight excluding hydrogens is 365 g/mol. The Morgan fingerprint density at radius 3 is 2.89 bits per heavy atom. The van der Waals surface area contributed by atoms with Gasteiger partial charge in [0.05, 0.1) is 6.20 Å². The van der Waals surface area contributed by atoms with Gasteiger partial charge in [-0.1, -0.05) is 11.2 Å². The monoisotopic (exact) mass is 375 g/mol. The van der Waals surface area contributed by atoms with Crippen LogP contribution in [0.5, 0.6) is 5.88 Å². The highest BCUT2D eigenvalue weighted by molar-refractivity contribution is 14.1. The zero-order valence-electron chi connectivity index (χ0n) is 9.58. The molecule has 0 unspecified atom stereocenters. The molecule has 0 aliphatic carbocycles. The molecule has 1 aromatic heterocycles. The fourth-order valence-corrected chi connectivity index (χ4v) is 2.15. The van der Waals surface area contributed by atoms with Crippen LogP contribution in [0.25, 0.3) is 0 Å². The van der Waals surface area contributed by atoms with E-state index in [9.17, 15) is 4.79 Å². The fraction of sp³-hybridized carbons (Fsp3) is 0.0909. The zero-order chi connectivity index (χ0) is 13.8. The number of nitrogens with one attached hydrogen (secondary N) is 1. The summed E-state index contributed by atoms with van der Waals surface area (Å²) in [5, 5.41) is 21.4. The number of nitrogens with zero attached hydrogens (tertiary/aromatic N) is 2. The first-order chi connectivity index (χ1) is 9.11. The molecular formula is C11H10IN3O4. The van der Waals surface area contributed by atoms with E-state index >= 15 is 0 Å². The third-order valence-electron chi connectivity index (χ3n) is 2.38. The number of halogens is 1. The van der Waals surface area contributed by atoms with Crippen LogP contribution in [0.4, 0.5) is 0 Å². The molecule has 0 saturated heterocycles. The van der Waals surface area contributed by atoms with Gasteiger partial charge in [0.25, 0.3) is 5.91 Å². The van der Waals surface area contributed by atoms with Crippen molar-refractivity contribution >= 4 is 28.5 Å². The van der Waals surface area contributed by atoms with Crippen LogP contribution in [-0.4, -0.2) is 26.3 Å². The lowest BCUT2D eigenvalue weighted by Gasteiger charge is -2.10. The van der Waals surface area contributed by atoms with Crippen LogP contribution in [0.1, 0.15) is 15.9 Å². The van der Waals surface area contributed by atoms with Gasteiger partial charge >= 0.3 is 0 Å². The van der Waals surface area contributed by atoms with E-state index in [1.807, 2.05) is 6.07 Å². The number of hydrogen-bond donors (Lipinski definition) is 3. The highest BCUT2D eigenvalue weighted by atomic mass is 127. The van der Waals surface area contributed by atoms with Crippen molar-refractivity contribution in [3.63, 3.8) is 0 Å². The summed E-state index contributed by atoms with van der Waals surface area (Å²) in [6, 6.07) is 6.59. The number of carbonyl (C=O) groups is 1. The van der Waals surface area contributed by atoms with Crippen LogP contribution in [0.15, 0.2) is 30.5 Å². The number of hydroxylamine groups is 1. The van der Waals surface area contributed by atoms with E-state index in [0.717, 1.165) is 3.57 Å². The fourth-order valence-electron chi connectivity index (χ4n) is 1.50. The molecule has 2 aromatic rings. The van der Waals surface area contributed by atoms with E-state index in [4.69, 9.17) is 15.2 Å². The average molecular weight is 375 g/mol. The minimum Gasteiger partial charge on any atom is -0.472 e. The summed E-state index contributed by atoms with van der Waals surface area (Å²) in [6.45, 7) is 0.0961. The van der Waals surface area contributed by atoms with Crippen molar-refractivity contribution in [2.24, 2.45) is 0 Å². The van der Waals surface area contributed by atoms with E-state index in [1.54, 1.807) is 17.6 Å². The molecule has 1 amide bonds. The molecule has 8 heteroatoms. The average Bonchev–Trinajstić information content (AvgIpc) is 2.82. The van der Waals surface area contributed by atoms with Crippen LogP contribution in [0.2, 0.25) is 0 Å². The Balaban J connectivity index is 2.21. The number of hydrogen-bond acceptors (Lipinski definition) is 5. The molecule has 0 saturated carbocycles. The van der Waals surface area contributed by atoms with Gasteiger partial charge in [0.1, 0.15) is 6.61 Å². The second-order valence-electron chi connectivity index (χ2n) is 3.57. The smallest absolute Gasteiger partial charge is 0.275 e. The van der Waals surface area contributed by atoms with Gasteiger partial charge in [0, 0.05) is 20.8 Å². The van der Waals surface area contributed by atoms with E-state index in [2.05, 4.69) is 27.7 Å². The van der Waals surface area contributed by atoms with E-state index < -0.39 is 5.91 Å². The normalized spacial score (nSPS) is 10.2. The van der Waals surface area contributed by atoms with Gasteiger partial charge in [0.15, 0.2) is 0 Å². The van der Waals surface area contributed by atoms with E-state index in [1.165, 1.54) is 12.3 Å². The molecule has 7 nitrogen and oxygen atoms in total. The molecule has 0 aliphatic rings. The molecule has 100 valence electrons. The van der Waals surface area contributed by atoms with Crippen LogP contribution >= 0.6 is 22.6 Å². The lowest BCUT2D eigenvalue weighted by molar-refractivity contribution is 0.0703. The summed E-state index contributed by atoms with van der Waals surface area (Å²) in [6.07, 6.45) is 1.33. The molecule has 0 spiro atoms. The maximum atomic E-state index is 11.5. The predicted molar refractivity (Wildman–Crippen MR) is 72.2 cm³/mol. The van der Waals surface area contributed by atoms with Crippen molar-refractivity contribution in [1.82, 2.24) is 15.4 Å². The van der Waals surface area contributed by atoms with Crippen molar-refractivity contribution in [1.29, 1.82) is 0 Å². The number of benzene rings is 1.